The van der Waals surface area contributed by atoms with Crippen LogP contribution < -0.4 is 5.73 Å². The van der Waals surface area contributed by atoms with Gasteiger partial charge < -0.3 is 15.5 Å². The van der Waals surface area contributed by atoms with Gasteiger partial charge in [0.1, 0.15) is 0 Å². The Morgan fingerprint density at radius 3 is 2.61 bits per heavy atom. The molecule has 0 unspecified atom stereocenters. The number of unbranched alkanes of at least 4 members (excludes halogenated alkanes) is 1. The maximum Gasteiger partial charge on any atom is 0.253 e. The van der Waals surface area contributed by atoms with Gasteiger partial charge in [-0.2, -0.15) is 0 Å². The standard InChI is InChI=1S/C18H27N3O2/c1-3-4-10-20(2)17(22)14-8-11-21(12-9-14)18(23)15-6-5-7-16(19)13-15/h5-7,13-14H,3-4,8-12,19H2,1-2H3. The third-order valence-corrected chi connectivity index (χ3v) is 4.49. The number of hydrogen-bond donors (Lipinski definition) is 1. The second-order valence-electron chi connectivity index (χ2n) is 6.31. The quantitative estimate of drug-likeness (QED) is 0.848. The largest absolute Gasteiger partial charge is 0.399 e. The zero-order valence-electron chi connectivity index (χ0n) is 14.1. The zero-order valence-corrected chi connectivity index (χ0v) is 14.1. The number of nitrogens with zero attached hydrogens (tertiary/aromatic N) is 2. The summed E-state index contributed by atoms with van der Waals surface area (Å²) in [5.74, 6) is 0.263. The number of anilines is 1. The average molecular weight is 317 g/mol. The van der Waals surface area contributed by atoms with Gasteiger partial charge in [0.2, 0.25) is 5.91 Å². The van der Waals surface area contributed by atoms with Gasteiger partial charge in [0.25, 0.3) is 5.91 Å². The Labute approximate surface area is 138 Å². The van der Waals surface area contributed by atoms with Crippen LogP contribution in [0.1, 0.15) is 43.0 Å². The first-order valence-electron chi connectivity index (χ1n) is 8.42. The fourth-order valence-electron chi connectivity index (χ4n) is 3.00. The maximum absolute atomic E-state index is 12.5. The van der Waals surface area contributed by atoms with Gasteiger partial charge in [0.05, 0.1) is 0 Å². The summed E-state index contributed by atoms with van der Waals surface area (Å²) >= 11 is 0. The molecule has 1 aromatic rings. The number of carbonyl (C=O) groups is 2. The van der Waals surface area contributed by atoms with Gasteiger partial charge in [-0.3, -0.25) is 9.59 Å². The molecule has 5 nitrogen and oxygen atoms in total. The van der Waals surface area contributed by atoms with E-state index in [1.807, 2.05) is 16.8 Å². The molecule has 2 N–H and O–H groups in total. The highest BCUT2D eigenvalue weighted by Gasteiger charge is 2.29. The molecule has 1 saturated heterocycles. The van der Waals surface area contributed by atoms with Crippen molar-refractivity contribution < 1.29 is 9.59 Å². The second-order valence-corrected chi connectivity index (χ2v) is 6.31. The third-order valence-electron chi connectivity index (χ3n) is 4.49. The van der Waals surface area contributed by atoms with Crippen molar-refractivity contribution >= 4 is 17.5 Å². The van der Waals surface area contributed by atoms with Gasteiger partial charge in [-0.15, -0.1) is 0 Å². The molecule has 0 bridgehead atoms. The van der Waals surface area contributed by atoms with Crippen molar-refractivity contribution in [1.82, 2.24) is 9.80 Å². The molecule has 0 aromatic heterocycles. The minimum atomic E-state index is 0.00235. The van der Waals surface area contributed by atoms with Crippen LogP contribution in [0.3, 0.4) is 0 Å². The fraction of sp³-hybridized carbons (Fsp3) is 0.556. The molecule has 1 heterocycles. The molecule has 2 amide bonds. The van der Waals surface area contributed by atoms with E-state index in [4.69, 9.17) is 5.73 Å². The number of nitrogen functional groups attached to an aromatic ring is 1. The highest BCUT2D eigenvalue weighted by molar-refractivity contribution is 5.95. The lowest BCUT2D eigenvalue weighted by Gasteiger charge is -2.33. The van der Waals surface area contributed by atoms with E-state index in [9.17, 15) is 9.59 Å². The molecular formula is C18H27N3O2. The van der Waals surface area contributed by atoms with Gasteiger partial charge in [-0.25, -0.2) is 0 Å². The number of carbonyl (C=O) groups excluding carboxylic acids is 2. The van der Waals surface area contributed by atoms with Crippen LogP contribution in [0.25, 0.3) is 0 Å². The molecule has 0 aliphatic carbocycles. The van der Waals surface area contributed by atoms with Crippen LogP contribution in [0.4, 0.5) is 5.69 Å². The molecule has 23 heavy (non-hydrogen) atoms. The van der Waals surface area contributed by atoms with Crippen LogP contribution >= 0.6 is 0 Å². The van der Waals surface area contributed by atoms with Crippen molar-refractivity contribution in [3.05, 3.63) is 29.8 Å². The molecule has 1 fully saturated rings. The Hall–Kier alpha value is -2.04. The fourth-order valence-corrected chi connectivity index (χ4v) is 3.00. The monoisotopic (exact) mass is 317 g/mol. The highest BCUT2D eigenvalue weighted by Crippen LogP contribution is 2.21. The number of rotatable bonds is 5. The predicted molar refractivity (Wildman–Crippen MR) is 92.0 cm³/mol. The van der Waals surface area contributed by atoms with E-state index >= 15 is 0 Å². The van der Waals surface area contributed by atoms with Crippen molar-refractivity contribution in [2.24, 2.45) is 5.92 Å². The topological polar surface area (TPSA) is 66.6 Å². The molecule has 0 atom stereocenters. The molecule has 1 aliphatic rings. The van der Waals surface area contributed by atoms with Crippen molar-refractivity contribution in [1.29, 1.82) is 0 Å². The first-order chi connectivity index (χ1) is 11.0. The third kappa shape index (κ3) is 4.47. The van der Waals surface area contributed by atoms with Gasteiger partial charge in [0.15, 0.2) is 0 Å². The van der Waals surface area contributed by atoms with E-state index < -0.39 is 0 Å². The molecule has 1 aliphatic heterocycles. The first kappa shape index (κ1) is 17.3. The highest BCUT2D eigenvalue weighted by atomic mass is 16.2. The summed E-state index contributed by atoms with van der Waals surface area (Å²) < 4.78 is 0. The minimum Gasteiger partial charge on any atom is -0.399 e. The van der Waals surface area contributed by atoms with Gasteiger partial charge in [0, 0.05) is 43.9 Å². The van der Waals surface area contributed by atoms with Crippen LogP contribution in [0, 0.1) is 5.92 Å². The minimum absolute atomic E-state index is 0.00235. The molecule has 126 valence electrons. The molecule has 2 rings (SSSR count). The summed E-state index contributed by atoms with van der Waals surface area (Å²) in [7, 11) is 1.88. The smallest absolute Gasteiger partial charge is 0.253 e. The lowest BCUT2D eigenvalue weighted by atomic mass is 9.94. The lowest BCUT2D eigenvalue weighted by molar-refractivity contribution is -0.135. The Balaban J connectivity index is 1.88. The Morgan fingerprint density at radius 1 is 1.30 bits per heavy atom. The summed E-state index contributed by atoms with van der Waals surface area (Å²) in [5, 5.41) is 0. The number of benzene rings is 1. The van der Waals surface area contributed by atoms with Crippen molar-refractivity contribution in [3.63, 3.8) is 0 Å². The molecule has 0 saturated carbocycles. The van der Waals surface area contributed by atoms with Crippen LogP contribution in [0.15, 0.2) is 24.3 Å². The van der Waals surface area contributed by atoms with E-state index in [2.05, 4.69) is 6.92 Å². The Bertz CT molecular complexity index is 551. The average Bonchev–Trinajstić information content (AvgIpc) is 2.58. The van der Waals surface area contributed by atoms with Gasteiger partial charge in [-0.1, -0.05) is 19.4 Å². The van der Waals surface area contributed by atoms with Crippen LogP contribution in [0.5, 0.6) is 0 Å². The molecule has 1 aromatic carbocycles. The summed E-state index contributed by atoms with van der Waals surface area (Å²) in [5.41, 5.74) is 6.96. The maximum atomic E-state index is 12.5. The van der Waals surface area contributed by atoms with Crippen molar-refractivity contribution in [2.45, 2.75) is 32.6 Å². The van der Waals surface area contributed by atoms with Crippen LogP contribution in [-0.4, -0.2) is 48.3 Å². The zero-order chi connectivity index (χ0) is 16.8. The lowest BCUT2D eigenvalue weighted by Crippen LogP contribution is -2.43. The van der Waals surface area contributed by atoms with E-state index in [0.717, 1.165) is 32.2 Å². The van der Waals surface area contributed by atoms with Gasteiger partial charge in [-0.05, 0) is 37.5 Å². The van der Waals surface area contributed by atoms with Crippen LogP contribution in [-0.2, 0) is 4.79 Å². The number of hydrogen-bond acceptors (Lipinski definition) is 3. The summed E-state index contributed by atoms with van der Waals surface area (Å²) in [6, 6.07) is 7.06. The molecule has 0 spiro atoms. The van der Waals surface area contributed by atoms with E-state index in [0.29, 0.717) is 24.3 Å². The molecule has 0 radical (unpaired) electrons. The van der Waals surface area contributed by atoms with Gasteiger partial charge >= 0.3 is 0 Å². The summed E-state index contributed by atoms with van der Waals surface area (Å²) in [6.07, 6.45) is 3.60. The number of amides is 2. The van der Waals surface area contributed by atoms with E-state index in [-0.39, 0.29) is 17.7 Å². The van der Waals surface area contributed by atoms with Crippen LogP contribution in [0.2, 0.25) is 0 Å². The predicted octanol–water partition coefficient (Wildman–Crippen LogP) is 2.38. The first-order valence-corrected chi connectivity index (χ1v) is 8.42. The molecular weight excluding hydrogens is 290 g/mol. The van der Waals surface area contributed by atoms with Crippen molar-refractivity contribution in [2.75, 3.05) is 32.4 Å². The molecule has 5 heteroatoms. The van der Waals surface area contributed by atoms with E-state index in [1.54, 1.807) is 24.3 Å². The normalized spacial score (nSPS) is 15.5. The number of nitrogens with two attached hydrogens (primary N) is 1. The second kappa shape index (κ2) is 7.99. The summed E-state index contributed by atoms with van der Waals surface area (Å²) in [6.45, 7) is 4.20. The summed E-state index contributed by atoms with van der Waals surface area (Å²) in [4.78, 5) is 28.5. The Kier molecular flexibility index (Phi) is 6.02. The Morgan fingerprint density at radius 2 is 2.00 bits per heavy atom. The van der Waals surface area contributed by atoms with Crippen molar-refractivity contribution in [3.8, 4) is 0 Å². The van der Waals surface area contributed by atoms with E-state index in [1.165, 1.54) is 0 Å². The number of likely N-dealkylation sites (tertiary alicyclic amines) is 1. The number of piperidine rings is 1. The SMILES string of the molecule is CCCCN(C)C(=O)C1CCN(C(=O)c2cccc(N)c2)CC1.